The molecule has 0 fully saturated rings. The Labute approximate surface area is 143 Å². The standard InChI is InChI=1S/C18H13Cl2NO2/c19-15-9-8-13(10-16(15)20)21-18(22)11-23-17-7-3-5-12-4-1-2-6-14(12)17/h1-10H,11H2,(H,21,22). The number of carbonyl (C=O) groups excluding carboxylic acids is 1. The van der Waals surface area contributed by atoms with Crippen molar-refractivity contribution in [1.29, 1.82) is 0 Å². The molecule has 3 nitrogen and oxygen atoms in total. The molecular formula is C18H13Cl2NO2. The Morgan fingerprint density at radius 2 is 1.74 bits per heavy atom. The minimum atomic E-state index is -0.267. The number of ether oxygens (including phenoxy) is 1. The van der Waals surface area contributed by atoms with Gasteiger partial charge in [-0.2, -0.15) is 0 Å². The van der Waals surface area contributed by atoms with Crippen molar-refractivity contribution in [2.24, 2.45) is 0 Å². The van der Waals surface area contributed by atoms with Crippen molar-refractivity contribution >= 4 is 45.6 Å². The van der Waals surface area contributed by atoms with Crippen LogP contribution in [-0.4, -0.2) is 12.5 Å². The van der Waals surface area contributed by atoms with Crippen molar-refractivity contribution in [2.75, 3.05) is 11.9 Å². The third-order valence-electron chi connectivity index (χ3n) is 3.31. The molecule has 0 aliphatic carbocycles. The molecule has 0 saturated heterocycles. The topological polar surface area (TPSA) is 38.3 Å². The molecule has 3 aromatic carbocycles. The van der Waals surface area contributed by atoms with Gasteiger partial charge in [-0.15, -0.1) is 0 Å². The second-order valence-electron chi connectivity index (χ2n) is 4.94. The van der Waals surface area contributed by atoms with Crippen LogP contribution in [0.5, 0.6) is 5.75 Å². The number of benzene rings is 3. The second-order valence-corrected chi connectivity index (χ2v) is 5.76. The number of rotatable bonds is 4. The minimum absolute atomic E-state index is 0.0890. The molecule has 0 heterocycles. The maximum Gasteiger partial charge on any atom is 0.262 e. The monoisotopic (exact) mass is 345 g/mol. The largest absolute Gasteiger partial charge is 0.483 e. The van der Waals surface area contributed by atoms with Crippen LogP contribution >= 0.6 is 23.2 Å². The number of hydrogen-bond donors (Lipinski definition) is 1. The van der Waals surface area contributed by atoms with Crippen molar-refractivity contribution in [3.63, 3.8) is 0 Å². The summed E-state index contributed by atoms with van der Waals surface area (Å²) in [5.74, 6) is 0.406. The summed E-state index contributed by atoms with van der Waals surface area (Å²) in [7, 11) is 0. The minimum Gasteiger partial charge on any atom is -0.483 e. The molecule has 0 atom stereocenters. The number of carbonyl (C=O) groups is 1. The maximum atomic E-state index is 12.0. The molecule has 0 radical (unpaired) electrons. The van der Waals surface area contributed by atoms with E-state index in [2.05, 4.69) is 5.32 Å². The Balaban J connectivity index is 1.67. The summed E-state index contributed by atoms with van der Waals surface area (Å²) in [6.07, 6.45) is 0. The number of halogens is 2. The van der Waals surface area contributed by atoms with E-state index in [4.69, 9.17) is 27.9 Å². The van der Waals surface area contributed by atoms with E-state index >= 15 is 0 Å². The quantitative estimate of drug-likeness (QED) is 0.708. The summed E-state index contributed by atoms with van der Waals surface area (Å²) in [6.45, 7) is -0.0890. The van der Waals surface area contributed by atoms with Crippen molar-refractivity contribution in [2.45, 2.75) is 0 Å². The normalized spacial score (nSPS) is 10.5. The van der Waals surface area contributed by atoms with Crippen LogP contribution in [0.1, 0.15) is 0 Å². The van der Waals surface area contributed by atoms with Crippen LogP contribution in [0.2, 0.25) is 10.0 Å². The molecule has 3 rings (SSSR count). The summed E-state index contributed by atoms with van der Waals surface area (Å²) in [6, 6.07) is 18.5. The van der Waals surface area contributed by atoms with Gasteiger partial charge in [0.1, 0.15) is 5.75 Å². The first-order chi connectivity index (χ1) is 11.1. The highest BCUT2D eigenvalue weighted by Crippen LogP contribution is 2.26. The zero-order valence-electron chi connectivity index (χ0n) is 12.1. The van der Waals surface area contributed by atoms with E-state index in [0.717, 1.165) is 10.8 Å². The van der Waals surface area contributed by atoms with E-state index < -0.39 is 0 Å². The summed E-state index contributed by atoms with van der Waals surface area (Å²) in [5.41, 5.74) is 0.575. The van der Waals surface area contributed by atoms with Crippen LogP contribution in [0, 0.1) is 0 Å². The fourth-order valence-electron chi connectivity index (χ4n) is 2.24. The van der Waals surface area contributed by atoms with Gasteiger partial charge in [0.2, 0.25) is 0 Å². The molecule has 0 aliphatic rings. The summed E-state index contributed by atoms with van der Waals surface area (Å²) >= 11 is 11.8. The Hall–Kier alpha value is -2.23. The highest BCUT2D eigenvalue weighted by molar-refractivity contribution is 6.42. The highest BCUT2D eigenvalue weighted by Gasteiger charge is 2.07. The van der Waals surface area contributed by atoms with Crippen LogP contribution in [-0.2, 0) is 4.79 Å². The average molecular weight is 346 g/mol. The van der Waals surface area contributed by atoms with E-state index in [9.17, 15) is 4.79 Å². The van der Waals surface area contributed by atoms with Crippen molar-refractivity contribution in [3.8, 4) is 5.75 Å². The van der Waals surface area contributed by atoms with E-state index in [1.165, 1.54) is 0 Å². The van der Waals surface area contributed by atoms with E-state index in [1.807, 2.05) is 42.5 Å². The fourth-order valence-corrected chi connectivity index (χ4v) is 2.53. The lowest BCUT2D eigenvalue weighted by Gasteiger charge is -2.10. The van der Waals surface area contributed by atoms with E-state index in [-0.39, 0.29) is 12.5 Å². The van der Waals surface area contributed by atoms with Crippen molar-refractivity contribution < 1.29 is 9.53 Å². The lowest BCUT2D eigenvalue weighted by molar-refractivity contribution is -0.118. The fraction of sp³-hybridized carbons (Fsp3) is 0.0556. The van der Waals surface area contributed by atoms with Gasteiger partial charge >= 0.3 is 0 Å². The number of amides is 1. The molecule has 0 bridgehead atoms. The Morgan fingerprint density at radius 1 is 0.957 bits per heavy atom. The number of hydrogen-bond acceptors (Lipinski definition) is 2. The number of nitrogens with one attached hydrogen (secondary N) is 1. The van der Waals surface area contributed by atoms with Crippen LogP contribution in [0.4, 0.5) is 5.69 Å². The zero-order valence-corrected chi connectivity index (χ0v) is 13.6. The first kappa shape index (κ1) is 15.7. The van der Waals surface area contributed by atoms with Crippen molar-refractivity contribution in [1.82, 2.24) is 0 Å². The van der Waals surface area contributed by atoms with E-state index in [1.54, 1.807) is 18.2 Å². The van der Waals surface area contributed by atoms with Gasteiger partial charge in [-0.25, -0.2) is 0 Å². The summed E-state index contributed by atoms with van der Waals surface area (Å²) < 4.78 is 5.64. The number of anilines is 1. The average Bonchev–Trinajstić information content (AvgIpc) is 2.56. The first-order valence-corrected chi connectivity index (χ1v) is 7.74. The second kappa shape index (κ2) is 6.90. The van der Waals surface area contributed by atoms with Gasteiger partial charge < -0.3 is 10.1 Å². The van der Waals surface area contributed by atoms with Gasteiger partial charge in [0.25, 0.3) is 5.91 Å². The van der Waals surface area contributed by atoms with Crippen molar-refractivity contribution in [3.05, 3.63) is 70.7 Å². The molecule has 5 heteroatoms. The van der Waals surface area contributed by atoms with Crippen LogP contribution in [0.25, 0.3) is 10.8 Å². The lowest BCUT2D eigenvalue weighted by Crippen LogP contribution is -2.20. The summed E-state index contributed by atoms with van der Waals surface area (Å²) in [5, 5.41) is 5.59. The SMILES string of the molecule is O=C(COc1cccc2ccccc12)Nc1ccc(Cl)c(Cl)c1. The molecule has 0 aromatic heterocycles. The Morgan fingerprint density at radius 3 is 2.57 bits per heavy atom. The molecule has 0 spiro atoms. The molecule has 0 saturated carbocycles. The third kappa shape index (κ3) is 3.76. The predicted octanol–water partition coefficient (Wildman–Crippen LogP) is 5.16. The zero-order chi connectivity index (χ0) is 16.2. The Kier molecular flexibility index (Phi) is 4.70. The molecule has 0 unspecified atom stereocenters. The molecule has 3 aromatic rings. The smallest absolute Gasteiger partial charge is 0.262 e. The lowest BCUT2D eigenvalue weighted by atomic mass is 10.1. The predicted molar refractivity (Wildman–Crippen MR) is 94.5 cm³/mol. The van der Waals surface area contributed by atoms with Gasteiger partial charge in [-0.05, 0) is 29.7 Å². The van der Waals surface area contributed by atoms with Gasteiger partial charge in [-0.1, -0.05) is 59.6 Å². The van der Waals surface area contributed by atoms with Gasteiger partial charge in [0.05, 0.1) is 10.0 Å². The summed E-state index contributed by atoms with van der Waals surface area (Å²) in [4.78, 5) is 12.0. The Bertz CT molecular complexity index is 859. The van der Waals surface area contributed by atoms with Gasteiger partial charge in [0.15, 0.2) is 6.61 Å². The molecular weight excluding hydrogens is 333 g/mol. The molecule has 1 amide bonds. The van der Waals surface area contributed by atoms with Crippen LogP contribution < -0.4 is 10.1 Å². The third-order valence-corrected chi connectivity index (χ3v) is 4.05. The highest BCUT2D eigenvalue weighted by atomic mass is 35.5. The van der Waals surface area contributed by atoms with Gasteiger partial charge in [-0.3, -0.25) is 4.79 Å². The van der Waals surface area contributed by atoms with Crippen LogP contribution in [0.15, 0.2) is 60.7 Å². The molecule has 0 aliphatic heterocycles. The maximum absolute atomic E-state index is 12.0. The molecule has 23 heavy (non-hydrogen) atoms. The number of fused-ring (bicyclic) bond motifs is 1. The molecule has 116 valence electrons. The first-order valence-electron chi connectivity index (χ1n) is 6.99. The molecule has 1 N–H and O–H groups in total. The van der Waals surface area contributed by atoms with E-state index in [0.29, 0.717) is 21.5 Å². The van der Waals surface area contributed by atoms with Crippen LogP contribution in [0.3, 0.4) is 0 Å². The van der Waals surface area contributed by atoms with Gasteiger partial charge in [0, 0.05) is 11.1 Å².